The minimum absolute atomic E-state index is 0.00308. The number of allylic oxidation sites excluding steroid dienone is 1. The summed E-state index contributed by atoms with van der Waals surface area (Å²) in [5.41, 5.74) is -5.03. The zero-order valence-electron chi connectivity index (χ0n) is 58.6. The third-order valence-corrected chi connectivity index (χ3v) is 25.2. The van der Waals surface area contributed by atoms with Gasteiger partial charge in [-0.25, -0.2) is 4.79 Å². The van der Waals surface area contributed by atoms with E-state index in [2.05, 4.69) is 26.8 Å². The molecule has 576 valence electrons. The molecule has 0 radical (unpaired) electrons. The minimum atomic E-state index is -2.08. The van der Waals surface area contributed by atoms with E-state index in [-0.39, 0.29) is 50.0 Å². The van der Waals surface area contributed by atoms with Crippen LogP contribution in [0.1, 0.15) is 112 Å². The van der Waals surface area contributed by atoms with Crippen molar-refractivity contribution in [2.24, 2.45) is 50.2 Å². The molecule has 0 amide bonds. The van der Waals surface area contributed by atoms with Crippen molar-refractivity contribution < 1.29 is 158 Å². The molecular formula is C70H104O32. The molecule has 0 spiro atoms. The number of aliphatic carboxylic acids is 1. The van der Waals surface area contributed by atoms with E-state index in [1.165, 1.54) is 41.1 Å². The highest BCUT2D eigenvalue weighted by Gasteiger charge is 2.74. The number of rotatable bonds is 19. The van der Waals surface area contributed by atoms with E-state index in [4.69, 9.17) is 61.6 Å². The van der Waals surface area contributed by atoms with Gasteiger partial charge in [0.15, 0.2) is 48.9 Å². The molecule has 5 aliphatic heterocycles. The van der Waals surface area contributed by atoms with E-state index < -0.39 is 236 Å². The number of carbonyl (C=O) groups excluding carboxylic acids is 2. The van der Waals surface area contributed by atoms with Crippen LogP contribution >= 0.6 is 0 Å². The topological polar surface area (TPSA) is 495 Å². The molecule has 1 aromatic rings. The lowest BCUT2D eigenvalue weighted by Crippen LogP contribution is -2.71. The number of carboxylic acids is 1. The Labute approximate surface area is 589 Å². The fourth-order valence-corrected chi connectivity index (χ4v) is 19.3. The Hall–Kier alpha value is -4.25. The number of hydrogen-bond donors (Lipinski definition) is 16. The van der Waals surface area contributed by atoms with Gasteiger partial charge in [0.25, 0.3) is 0 Å². The number of esters is 2. The number of aliphatic hydroxyl groups is 15. The molecule has 10 aliphatic rings. The molecular weight excluding hydrogens is 1350 g/mol. The van der Waals surface area contributed by atoms with Gasteiger partial charge in [-0.15, -0.1) is 0 Å². The largest absolute Gasteiger partial charge is 0.493 e. The smallest absolute Gasteiger partial charge is 0.331 e. The molecule has 34 atom stereocenters. The van der Waals surface area contributed by atoms with Crippen molar-refractivity contribution in [2.75, 3.05) is 40.6 Å². The van der Waals surface area contributed by atoms with E-state index in [1.807, 2.05) is 6.92 Å². The number of benzene rings is 1. The van der Waals surface area contributed by atoms with Crippen molar-refractivity contribution in [3.05, 3.63) is 41.5 Å². The van der Waals surface area contributed by atoms with Gasteiger partial charge in [0.2, 0.25) is 6.29 Å². The van der Waals surface area contributed by atoms with Crippen LogP contribution in [0.4, 0.5) is 0 Å². The van der Waals surface area contributed by atoms with Gasteiger partial charge in [-0.3, -0.25) is 9.59 Å². The van der Waals surface area contributed by atoms with E-state index >= 15 is 4.79 Å². The summed E-state index contributed by atoms with van der Waals surface area (Å²) >= 11 is 0. The maximum atomic E-state index is 15.9. The lowest BCUT2D eigenvalue weighted by atomic mass is 9.33. The second-order valence-corrected chi connectivity index (χ2v) is 31.3. The molecule has 32 heteroatoms. The molecule has 5 saturated heterocycles. The quantitative estimate of drug-likeness (QED) is 0.0302. The molecule has 32 nitrogen and oxygen atoms in total. The third-order valence-electron chi connectivity index (χ3n) is 25.2. The Morgan fingerprint density at radius 3 is 1.77 bits per heavy atom. The summed E-state index contributed by atoms with van der Waals surface area (Å²) in [4.78, 5) is 43.6. The SMILES string of the molecule is COc1ccc(/C=C\C(=O)O[C@@H]2[C@H](O)[C@@H](O[C@@H]3O[C@@H](C)[C@H](O[C@@H]4OC[C@@H](O[C@@H]5O[C@H](CO)[C@H](O)[C@H](O)[C@H]5O)[C@H](O)[C@H]4O)[C@@H](O)[C@H]3O)[C@H](OC(=O)[C@]34CCC(C)(C)C[C@H]3C3=CC[C@@H]5[C@@]6(C)C[C@H](O)[C@H](O[C@@H]7O[C@H](CO)[C@@H](O)[C@H](O)[C@H]7O)[C@@](C)(C(=O)O)C6CC[C@@]5(C)[C@]3(CO)CC4)O[C@@H]2C)cc1OC. The Bertz CT molecular complexity index is 3190. The number of hydrogen-bond acceptors (Lipinski definition) is 31. The van der Waals surface area contributed by atoms with Crippen LogP contribution in [0.2, 0.25) is 0 Å². The highest BCUT2D eigenvalue weighted by atomic mass is 16.8. The summed E-state index contributed by atoms with van der Waals surface area (Å²) in [6.07, 6.45) is -37.1. The molecule has 102 heavy (non-hydrogen) atoms. The van der Waals surface area contributed by atoms with E-state index in [0.717, 1.165) is 11.6 Å². The van der Waals surface area contributed by atoms with Gasteiger partial charge in [0, 0.05) is 11.5 Å². The molecule has 0 bridgehead atoms. The number of aliphatic hydroxyl groups excluding tert-OH is 15. The first-order valence-electron chi connectivity index (χ1n) is 35.2. The molecule has 1 aromatic carbocycles. The van der Waals surface area contributed by atoms with Gasteiger partial charge in [-0.05, 0) is 136 Å². The van der Waals surface area contributed by atoms with E-state index in [0.29, 0.717) is 42.7 Å². The zero-order valence-corrected chi connectivity index (χ0v) is 58.6. The maximum Gasteiger partial charge on any atom is 0.331 e. The van der Waals surface area contributed by atoms with Crippen LogP contribution in [0.5, 0.6) is 11.5 Å². The van der Waals surface area contributed by atoms with Crippen LogP contribution in [0.3, 0.4) is 0 Å². The summed E-state index contributed by atoms with van der Waals surface area (Å²) in [7, 11) is 2.90. The number of fused-ring (bicyclic) bond motifs is 7. The highest BCUT2D eigenvalue weighted by molar-refractivity contribution is 5.87. The van der Waals surface area contributed by atoms with Gasteiger partial charge in [-0.2, -0.15) is 0 Å². The molecule has 9 fully saturated rings. The lowest BCUT2D eigenvalue weighted by Gasteiger charge is -2.71. The monoisotopic (exact) mass is 1460 g/mol. The molecule has 1 unspecified atom stereocenters. The van der Waals surface area contributed by atoms with Crippen LogP contribution in [0, 0.1) is 50.2 Å². The maximum absolute atomic E-state index is 15.9. The number of carboxylic acid groups (broad SMARTS) is 1. The highest BCUT2D eigenvalue weighted by Crippen LogP contribution is 2.76. The van der Waals surface area contributed by atoms with Crippen molar-refractivity contribution >= 4 is 24.0 Å². The average molecular weight is 1460 g/mol. The second kappa shape index (κ2) is 30.1. The zero-order chi connectivity index (χ0) is 74.4. The fourth-order valence-electron chi connectivity index (χ4n) is 19.3. The molecule has 0 aromatic heterocycles. The third kappa shape index (κ3) is 13.6. The summed E-state index contributed by atoms with van der Waals surface area (Å²) in [5.74, 6) is -3.91. The first-order valence-corrected chi connectivity index (χ1v) is 35.2. The van der Waals surface area contributed by atoms with Crippen molar-refractivity contribution in [1.82, 2.24) is 0 Å². The summed E-state index contributed by atoms with van der Waals surface area (Å²) in [5, 5.41) is 178. The minimum Gasteiger partial charge on any atom is -0.493 e. The summed E-state index contributed by atoms with van der Waals surface area (Å²) in [6, 6.07) is 4.88. The van der Waals surface area contributed by atoms with Crippen LogP contribution in [0.15, 0.2) is 35.9 Å². The Morgan fingerprint density at radius 2 is 1.16 bits per heavy atom. The molecule has 16 N–H and O–H groups in total. The van der Waals surface area contributed by atoms with Gasteiger partial charge < -0.3 is 143 Å². The van der Waals surface area contributed by atoms with Crippen molar-refractivity contribution in [2.45, 2.75) is 266 Å². The van der Waals surface area contributed by atoms with Crippen molar-refractivity contribution in [1.29, 1.82) is 0 Å². The van der Waals surface area contributed by atoms with Gasteiger partial charge in [0.05, 0.1) is 69.8 Å². The van der Waals surface area contributed by atoms with Crippen LogP contribution in [0.25, 0.3) is 6.08 Å². The van der Waals surface area contributed by atoms with Gasteiger partial charge >= 0.3 is 17.9 Å². The van der Waals surface area contributed by atoms with Crippen molar-refractivity contribution in [3.63, 3.8) is 0 Å². The van der Waals surface area contributed by atoms with Crippen LogP contribution in [-0.2, 0) is 66.5 Å². The Kier molecular flexibility index (Phi) is 23.2. The van der Waals surface area contributed by atoms with Crippen LogP contribution in [-0.4, -0.2) is 300 Å². The predicted octanol–water partition coefficient (Wildman–Crippen LogP) is -2.23. The van der Waals surface area contributed by atoms with Crippen LogP contribution < -0.4 is 9.47 Å². The molecule has 5 aliphatic carbocycles. The normalized spacial score (nSPS) is 48.6. The van der Waals surface area contributed by atoms with Gasteiger partial charge in [-0.1, -0.05) is 45.4 Å². The first kappa shape index (κ1) is 78.8. The first-order chi connectivity index (χ1) is 48.0. The standard InChI is InChI=1S/C70H104O32/c1-29-54(99-58-49(82)45(78)39(27-92-58)97-60-50(83)46(79)43(76)37(25-71)95-60)48(81)52(85)59(93-29)100-56-53(86)55(98-42(75)15-11-31-10-13-35(90-8)36(22-31)91-9)30(2)94-62(56)102-64(89)69-19-18-65(3,4)23-33(69)32-12-14-40-66(5)24-34(74)57(101-61-51(84)47(80)44(77)38(26-72)96-61)68(7,63(87)88)41(66)16-17-67(40,6)70(32,28-73)21-20-69/h10-13,15,22,29-30,33-34,37-41,43-62,71-74,76-86H,14,16-21,23-28H2,1-9H3,(H,87,88)/b15-11-/t29-,30+,33-,34-,37+,38+,39+,40+,41?,43-,44+,45-,46-,47-,48-,49+,50+,51+,52+,53-,54-,55-,56+,57-,58-,59-,60-,61-,62-,66+,67+,68-,69-,70-/m0/s1. The molecule has 5 heterocycles. The second-order valence-electron chi connectivity index (χ2n) is 31.3. The van der Waals surface area contributed by atoms with E-state index in [9.17, 15) is 91.3 Å². The van der Waals surface area contributed by atoms with Crippen molar-refractivity contribution in [3.8, 4) is 11.5 Å². The molecule has 4 saturated carbocycles. The molecule has 11 rings (SSSR count). The summed E-state index contributed by atoms with van der Waals surface area (Å²) < 4.78 is 76.7. The number of carbonyl (C=O) groups is 3. The number of methoxy groups -OCH3 is 2. The average Bonchev–Trinajstić information content (AvgIpc) is 0.669. The van der Waals surface area contributed by atoms with E-state index in [1.54, 1.807) is 18.2 Å². The lowest BCUT2D eigenvalue weighted by molar-refractivity contribution is -0.378. The Morgan fingerprint density at radius 1 is 0.578 bits per heavy atom. The predicted molar refractivity (Wildman–Crippen MR) is 344 cm³/mol. The van der Waals surface area contributed by atoms with Gasteiger partial charge in [0.1, 0.15) is 97.7 Å². The fraction of sp³-hybridized carbons (Fsp3) is 0.814. The number of ether oxygens (including phenoxy) is 13. The Balaban J connectivity index is 0.850. The summed E-state index contributed by atoms with van der Waals surface area (Å²) in [6.45, 7) is 10.1.